The number of esters is 1. The molecule has 2 unspecified atom stereocenters. The number of halogens is 2. The number of hydrogen-bond acceptors (Lipinski definition) is 6. The molecule has 178 valence electrons. The van der Waals surface area contributed by atoms with Crippen LogP contribution < -0.4 is 14.2 Å². The maximum Gasteiger partial charge on any atom is 0.387 e. The standard InChI is InChI=1S/C25H23F2NO6/c1-14-12-19(15(2)28(14)17-8-10-18(11-9-17)33-25(26)27)23(29)16(3)32-24(30)22-13-31-20-6-4-5-7-21(20)34-22/h4-12,16,22,25H,13H2,1-3H3. The van der Waals surface area contributed by atoms with Crippen molar-refractivity contribution in [2.24, 2.45) is 0 Å². The van der Waals surface area contributed by atoms with Crippen LogP contribution in [0.25, 0.3) is 5.69 Å². The molecule has 34 heavy (non-hydrogen) atoms. The number of aryl methyl sites for hydroxylation is 1. The van der Waals surface area contributed by atoms with Gasteiger partial charge in [0.1, 0.15) is 12.4 Å². The van der Waals surface area contributed by atoms with E-state index in [0.29, 0.717) is 28.4 Å². The van der Waals surface area contributed by atoms with E-state index in [1.54, 1.807) is 49.4 Å². The molecular weight excluding hydrogens is 448 g/mol. The van der Waals surface area contributed by atoms with Crippen molar-refractivity contribution in [2.45, 2.75) is 39.6 Å². The first-order valence-corrected chi connectivity index (χ1v) is 10.6. The first-order chi connectivity index (χ1) is 16.2. The Hall–Kier alpha value is -3.88. The van der Waals surface area contributed by atoms with Gasteiger partial charge in [0.25, 0.3) is 0 Å². The molecule has 1 aliphatic heterocycles. The molecule has 0 fully saturated rings. The van der Waals surface area contributed by atoms with Gasteiger partial charge in [0.15, 0.2) is 17.6 Å². The minimum Gasteiger partial charge on any atom is -0.485 e. The zero-order chi connectivity index (χ0) is 24.4. The highest BCUT2D eigenvalue weighted by Crippen LogP contribution is 2.31. The van der Waals surface area contributed by atoms with Crippen molar-refractivity contribution in [3.05, 3.63) is 71.5 Å². The molecule has 0 saturated carbocycles. The van der Waals surface area contributed by atoms with Crippen molar-refractivity contribution in [3.63, 3.8) is 0 Å². The van der Waals surface area contributed by atoms with Gasteiger partial charge < -0.3 is 23.5 Å². The highest BCUT2D eigenvalue weighted by molar-refractivity contribution is 6.01. The van der Waals surface area contributed by atoms with E-state index in [0.717, 1.165) is 5.69 Å². The van der Waals surface area contributed by atoms with Crippen LogP contribution >= 0.6 is 0 Å². The monoisotopic (exact) mass is 471 g/mol. The van der Waals surface area contributed by atoms with Crippen molar-refractivity contribution in [3.8, 4) is 22.9 Å². The van der Waals surface area contributed by atoms with Gasteiger partial charge >= 0.3 is 12.6 Å². The van der Waals surface area contributed by atoms with Gasteiger partial charge in [-0.2, -0.15) is 8.78 Å². The molecule has 1 aromatic heterocycles. The smallest absolute Gasteiger partial charge is 0.387 e. The average Bonchev–Trinajstić information content (AvgIpc) is 3.12. The van der Waals surface area contributed by atoms with E-state index < -0.39 is 24.8 Å². The highest BCUT2D eigenvalue weighted by atomic mass is 19.3. The van der Waals surface area contributed by atoms with Crippen molar-refractivity contribution in [1.29, 1.82) is 0 Å². The number of fused-ring (bicyclic) bond motifs is 1. The van der Waals surface area contributed by atoms with Gasteiger partial charge in [-0.25, -0.2) is 4.79 Å². The fraction of sp³-hybridized carbons (Fsp3) is 0.280. The zero-order valence-corrected chi connectivity index (χ0v) is 18.8. The molecule has 0 spiro atoms. The van der Waals surface area contributed by atoms with Crippen LogP contribution in [0.4, 0.5) is 8.78 Å². The fourth-order valence-electron chi connectivity index (χ4n) is 3.84. The van der Waals surface area contributed by atoms with Crippen LogP contribution in [0.15, 0.2) is 54.6 Å². The van der Waals surface area contributed by atoms with Crippen LogP contribution in [0.3, 0.4) is 0 Å². The summed E-state index contributed by atoms with van der Waals surface area (Å²) in [7, 11) is 0. The van der Waals surface area contributed by atoms with Crippen LogP contribution in [-0.4, -0.2) is 41.7 Å². The number of benzene rings is 2. The number of carbonyl (C=O) groups is 2. The molecule has 4 rings (SSSR count). The van der Waals surface area contributed by atoms with Crippen LogP contribution in [0, 0.1) is 13.8 Å². The number of hydrogen-bond donors (Lipinski definition) is 0. The Balaban J connectivity index is 1.46. The summed E-state index contributed by atoms with van der Waals surface area (Å²) in [4.78, 5) is 25.7. The third kappa shape index (κ3) is 4.73. The van der Waals surface area contributed by atoms with Crippen LogP contribution in [0.5, 0.6) is 17.2 Å². The number of ether oxygens (including phenoxy) is 4. The van der Waals surface area contributed by atoms with E-state index >= 15 is 0 Å². The Morgan fingerprint density at radius 3 is 2.41 bits per heavy atom. The zero-order valence-electron chi connectivity index (χ0n) is 18.8. The number of Topliss-reactive ketones (excluding diaryl/α,β-unsaturated/α-hetero) is 1. The molecule has 0 bridgehead atoms. The van der Waals surface area contributed by atoms with E-state index in [2.05, 4.69) is 4.74 Å². The topological polar surface area (TPSA) is 76.0 Å². The minimum absolute atomic E-state index is 0.0173. The number of nitrogens with zero attached hydrogens (tertiary/aromatic N) is 1. The highest BCUT2D eigenvalue weighted by Gasteiger charge is 2.32. The Bertz CT molecular complexity index is 1200. The van der Waals surface area contributed by atoms with E-state index in [1.165, 1.54) is 19.1 Å². The molecule has 1 aliphatic rings. The lowest BCUT2D eigenvalue weighted by Crippen LogP contribution is -2.40. The normalized spacial score (nSPS) is 15.6. The van der Waals surface area contributed by atoms with Crippen molar-refractivity contribution in [1.82, 2.24) is 4.57 Å². The predicted molar refractivity (Wildman–Crippen MR) is 118 cm³/mol. The summed E-state index contributed by atoms with van der Waals surface area (Å²) in [6.45, 7) is 2.15. The Kier molecular flexibility index (Phi) is 6.54. The third-order valence-corrected chi connectivity index (χ3v) is 5.45. The molecule has 0 N–H and O–H groups in total. The second kappa shape index (κ2) is 9.54. The van der Waals surface area contributed by atoms with Gasteiger partial charge in [0.2, 0.25) is 11.9 Å². The molecule has 0 amide bonds. The molecule has 2 heterocycles. The lowest BCUT2D eigenvalue weighted by atomic mass is 10.1. The first kappa shape index (κ1) is 23.3. The van der Waals surface area contributed by atoms with Crippen molar-refractivity contribution in [2.75, 3.05) is 6.61 Å². The van der Waals surface area contributed by atoms with Gasteiger partial charge in [-0.3, -0.25) is 4.79 Å². The van der Waals surface area contributed by atoms with Crippen molar-refractivity contribution >= 4 is 11.8 Å². The summed E-state index contributed by atoms with van der Waals surface area (Å²) < 4.78 is 47.6. The van der Waals surface area contributed by atoms with Crippen LogP contribution in [0.1, 0.15) is 28.7 Å². The van der Waals surface area contributed by atoms with Gasteiger partial charge in [-0.1, -0.05) is 12.1 Å². The van der Waals surface area contributed by atoms with E-state index in [1.807, 2.05) is 11.5 Å². The number of rotatable bonds is 7. The summed E-state index contributed by atoms with van der Waals surface area (Å²) in [5, 5.41) is 0. The summed E-state index contributed by atoms with van der Waals surface area (Å²) in [6, 6.07) is 14.8. The summed E-state index contributed by atoms with van der Waals surface area (Å²) in [5.41, 5.74) is 2.44. The maximum atomic E-state index is 13.1. The second-order valence-electron chi connectivity index (χ2n) is 7.80. The molecule has 7 nitrogen and oxygen atoms in total. The lowest BCUT2D eigenvalue weighted by Gasteiger charge is -2.25. The van der Waals surface area contributed by atoms with E-state index in [9.17, 15) is 18.4 Å². The summed E-state index contributed by atoms with van der Waals surface area (Å²) in [5.74, 6) is -0.0593. The van der Waals surface area contributed by atoms with Crippen LogP contribution in [-0.2, 0) is 9.53 Å². The van der Waals surface area contributed by atoms with Gasteiger partial charge in [-0.05, 0) is 63.2 Å². The lowest BCUT2D eigenvalue weighted by molar-refractivity contribution is -0.157. The molecule has 9 heteroatoms. The molecular formula is C25H23F2NO6. The summed E-state index contributed by atoms with van der Waals surface area (Å²) >= 11 is 0. The number of carbonyl (C=O) groups excluding carboxylic acids is 2. The largest absolute Gasteiger partial charge is 0.485 e. The Morgan fingerprint density at radius 2 is 1.74 bits per heavy atom. The second-order valence-corrected chi connectivity index (χ2v) is 7.80. The van der Waals surface area contributed by atoms with E-state index in [4.69, 9.17) is 14.2 Å². The summed E-state index contributed by atoms with van der Waals surface area (Å²) in [6.07, 6.45) is -2.03. The van der Waals surface area contributed by atoms with Crippen LogP contribution in [0.2, 0.25) is 0 Å². The average molecular weight is 471 g/mol. The predicted octanol–water partition coefficient (Wildman–Crippen LogP) is 4.65. The molecule has 0 saturated heterocycles. The van der Waals surface area contributed by atoms with Crippen molar-refractivity contribution < 1.29 is 37.3 Å². The molecule has 3 aromatic rings. The fourth-order valence-corrected chi connectivity index (χ4v) is 3.84. The maximum absolute atomic E-state index is 13.1. The quantitative estimate of drug-likeness (QED) is 0.369. The number of alkyl halides is 2. The minimum atomic E-state index is -2.91. The molecule has 0 aliphatic carbocycles. The number of aromatic nitrogens is 1. The van der Waals surface area contributed by atoms with Gasteiger partial charge in [-0.15, -0.1) is 0 Å². The number of para-hydroxylation sites is 2. The number of ketones is 1. The third-order valence-electron chi connectivity index (χ3n) is 5.45. The molecule has 2 aromatic carbocycles. The SMILES string of the molecule is Cc1cc(C(=O)C(C)OC(=O)C2COc3ccccc3O2)c(C)n1-c1ccc(OC(F)F)cc1. The van der Waals surface area contributed by atoms with E-state index in [-0.39, 0.29) is 18.1 Å². The van der Waals surface area contributed by atoms with Gasteiger partial charge in [0.05, 0.1) is 0 Å². The Labute approximate surface area is 194 Å². The molecule has 0 radical (unpaired) electrons. The first-order valence-electron chi connectivity index (χ1n) is 10.6. The Morgan fingerprint density at radius 1 is 1.06 bits per heavy atom. The van der Waals surface area contributed by atoms with Gasteiger partial charge in [0, 0.05) is 22.6 Å². The molecule has 2 atom stereocenters.